The number of hydrogen-bond donors (Lipinski definition) is 2. The van der Waals surface area contributed by atoms with E-state index in [-0.39, 0.29) is 5.91 Å². The van der Waals surface area contributed by atoms with Crippen LogP contribution < -0.4 is 25.0 Å². The summed E-state index contributed by atoms with van der Waals surface area (Å²) in [6.45, 7) is 0.694. The van der Waals surface area contributed by atoms with Gasteiger partial charge in [-0.05, 0) is 54.4 Å². The van der Waals surface area contributed by atoms with Gasteiger partial charge < -0.3 is 19.5 Å². The third-order valence-electron chi connectivity index (χ3n) is 3.81. The molecule has 2 aromatic carbocycles. The summed E-state index contributed by atoms with van der Waals surface area (Å²) >= 11 is 0. The Kier molecular flexibility index (Phi) is 7.96. The minimum Gasteiger partial charge on any atom is -0.497 e. The van der Waals surface area contributed by atoms with Crippen molar-refractivity contribution < 1.29 is 19.0 Å². The van der Waals surface area contributed by atoms with Crippen molar-refractivity contribution in [2.45, 2.75) is 12.8 Å². The maximum Gasteiger partial charge on any atom is 0.240 e. The van der Waals surface area contributed by atoms with Crippen molar-refractivity contribution in [1.82, 2.24) is 5.43 Å². The SMILES string of the molecule is COc1ccc(NCCCC(=O)N/N=C\c2ccc(OC)c(OC)c2)cc1. The molecular formula is C20H25N3O4. The maximum atomic E-state index is 11.8. The number of nitrogens with zero attached hydrogens (tertiary/aromatic N) is 1. The summed E-state index contributed by atoms with van der Waals surface area (Å²) in [7, 11) is 4.78. The molecular weight excluding hydrogens is 346 g/mol. The molecule has 1 amide bonds. The molecule has 0 saturated carbocycles. The Balaban J connectivity index is 1.70. The largest absolute Gasteiger partial charge is 0.497 e. The molecule has 0 bridgehead atoms. The molecule has 27 heavy (non-hydrogen) atoms. The minimum atomic E-state index is -0.136. The lowest BCUT2D eigenvalue weighted by atomic mass is 10.2. The van der Waals surface area contributed by atoms with Crippen molar-refractivity contribution in [1.29, 1.82) is 0 Å². The summed E-state index contributed by atoms with van der Waals surface area (Å²) < 4.78 is 15.5. The molecule has 0 aromatic heterocycles. The summed E-state index contributed by atoms with van der Waals surface area (Å²) in [5, 5.41) is 7.23. The fraction of sp³-hybridized carbons (Fsp3) is 0.300. The smallest absolute Gasteiger partial charge is 0.240 e. The lowest BCUT2D eigenvalue weighted by Crippen LogP contribution is -2.18. The average Bonchev–Trinajstić information content (AvgIpc) is 2.71. The number of hydrogen-bond acceptors (Lipinski definition) is 6. The van der Waals surface area contributed by atoms with Gasteiger partial charge in [0, 0.05) is 18.7 Å². The van der Waals surface area contributed by atoms with Crippen LogP contribution in [-0.4, -0.2) is 40.0 Å². The van der Waals surface area contributed by atoms with Gasteiger partial charge in [-0.15, -0.1) is 0 Å². The van der Waals surface area contributed by atoms with E-state index in [1.807, 2.05) is 30.3 Å². The number of methoxy groups -OCH3 is 3. The van der Waals surface area contributed by atoms with Crippen molar-refractivity contribution in [2.75, 3.05) is 33.2 Å². The number of anilines is 1. The van der Waals surface area contributed by atoms with Crippen molar-refractivity contribution in [3.63, 3.8) is 0 Å². The van der Waals surface area contributed by atoms with Crippen LogP contribution in [-0.2, 0) is 4.79 Å². The van der Waals surface area contributed by atoms with Gasteiger partial charge in [0.15, 0.2) is 11.5 Å². The quantitative estimate of drug-likeness (QED) is 0.381. The zero-order valence-electron chi connectivity index (χ0n) is 15.8. The Bertz CT molecular complexity index is 760. The van der Waals surface area contributed by atoms with Gasteiger partial charge in [0.25, 0.3) is 0 Å². The summed E-state index contributed by atoms with van der Waals surface area (Å²) in [6, 6.07) is 13.0. The predicted octanol–water partition coefficient (Wildman–Crippen LogP) is 3.05. The van der Waals surface area contributed by atoms with Crippen LogP contribution in [0.3, 0.4) is 0 Å². The number of nitrogens with one attached hydrogen (secondary N) is 2. The molecule has 0 saturated heterocycles. The first-order valence-corrected chi connectivity index (χ1v) is 8.58. The van der Waals surface area contributed by atoms with Gasteiger partial charge in [-0.2, -0.15) is 5.10 Å². The Labute approximate surface area is 159 Å². The van der Waals surface area contributed by atoms with Crippen molar-refractivity contribution in [2.24, 2.45) is 5.10 Å². The Morgan fingerprint density at radius 3 is 2.41 bits per heavy atom. The number of rotatable bonds is 10. The first-order valence-electron chi connectivity index (χ1n) is 8.58. The number of carbonyl (C=O) groups is 1. The maximum absolute atomic E-state index is 11.8. The molecule has 0 heterocycles. The van der Waals surface area contributed by atoms with E-state index in [1.165, 1.54) is 0 Å². The van der Waals surface area contributed by atoms with E-state index in [4.69, 9.17) is 14.2 Å². The van der Waals surface area contributed by atoms with Gasteiger partial charge in [0.05, 0.1) is 27.5 Å². The van der Waals surface area contributed by atoms with Gasteiger partial charge in [0.2, 0.25) is 5.91 Å². The summed E-state index contributed by atoms with van der Waals surface area (Å²) in [6.07, 6.45) is 2.64. The average molecular weight is 371 g/mol. The molecule has 144 valence electrons. The Morgan fingerprint density at radius 1 is 1.00 bits per heavy atom. The van der Waals surface area contributed by atoms with Crippen LogP contribution in [0.25, 0.3) is 0 Å². The molecule has 0 fully saturated rings. The molecule has 2 aromatic rings. The fourth-order valence-corrected chi connectivity index (χ4v) is 2.36. The van der Waals surface area contributed by atoms with Crippen LogP contribution in [0.1, 0.15) is 18.4 Å². The molecule has 0 aliphatic heterocycles. The molecule has 2 N–H and O–H groups in total. The van der Waals surface area contributed by atoms with Gasteiger partial charge in [-0.3, -0.25) is 4.79 Å². The van der Waals surface area contributed by atoms with E-state index in [2.05, 4.69) is 15.8 Å². The van der Waals surface area contributed by atoms with Gasteiger partial charge in [0.1, 0.15) is 5.75 Å². The predicted molar refractivity (Wildman–Crippen MR) is 106 cm³/mol. The summed E-state index contributed by atoms with van der Waals surface area (Å²) in [4.78, 5) is 11.8. The lowest BCUT2D eigenvalue weighted by Gasteiger charge is -2.07. The number of benzene rings is 2. The molecule has 7 heteroatoms. The van der Waals surface area contributed by atoms with E-state index in [1.54, 1.807) is 39.7 Å². The summed E-state index contributed by atoms with van der Waals surface area (Å²) in [5.74, 6) is 1.93. The number of carbonyl (C=O) groups excluding carboxylic acids is 1. The first kappa shape index (κ1) is 20.1. The molecule has 2 rings (SSSR count). The van der Waals surface area contributed by atoms with Crippen molar-refractivity contribution >= 4 is 17.8 Å². The first-order chi connectivity index (χ1) is 13.2. The third-order valence-corrected chi connectivity index (χ3v) is 3.81. The molecule has 0 aliphatic carbocycles. The molecule has 0 radical (unpaired) electrons. The zero-order chi connectivity index (χ0) is 19.5. The highest BCUT2D eigenvalue weighted by Gasteiger charge is 2.03. The van der Waals surface area contributed by atoms with E-state index >= 15 is 0 Å². The van der Waals surface area contributed by atoms with E-state index in [0.717, 1.165) is 17.0 Å². The molecule has 0 aliphatic rings. The second kappa shape index (κ2) is 10.7. The zero-order valence-corrected chi connectivity index (χ0v) is 15.8. The number of amides is 1. The second-order valence-electron chi connectivity index (χ2n) is 5.67. The van der Waals surface area contributed by atoms with Gasteiger partial charge in [-0.1, -0.05) is 0 Å². The van der Waals surface area contributed by atoms with Gasteiger partial charge in [-0.25, -0.2) is 5.43 Å². The molecule has 0 spiro atoms. The van der Waals surface area contributed by atoms with Crippen LogP contribution in [0.4, 0.5) is 5.69 Å². The van der Waals surface area contributed by atoms with Crippen LogP contribution in [0.15, 0.2) is 47.6 Å². The van der Waals surface area contributed by atoms with Crippen molar-refractivity contribution in [3.05, 3.63) is 48.0 Å². The monoisotopic (exact) mass is 371 g/mol. The molecule has 7 nitrogen and oxygen atoms in total. The fourth-order valence-electron chi connectivity index (χ4n) is 2.36. The van der Waals surface area contributed by atoms with Crippen LogP contribution in [0.2, 0.25) is 0 Å². The highest BCUT2D eigenvalue weighted by molar-refractivity contribution is 5.83. The highest BCUT2D eigenvalue weighted by atomic mass is 16.5. The second-order valence-corrected chi connectivity index (χ2v) is 5.67. The van der Waals surface area contributed by atoms with E-state index < -0.39 is 0 Å². The lowest BCUT2D eigenvalue weighted by molar-refractivity contribution is -0.121. The van der Waals surface area contributed by atoms with Gasteiger partial charge >= 0.3 is 0 Å². The normalized spacial score (nSPS) is 10.5. The molecule has 0 unspecified atom stereocenters. The number of ether oxygens (including phenoxy) is 3. The highest BCUT2D eigenvalue weighted by Crippen LogP contribution is 2.26. The van der Waals surface area contributed by atoms with Crippen LogP contribution in [0.5, 0.6) is 17.2 Å². The van der Waals surface area contributed by atoms with Crippen LogP contribution >= 0.6 is 0 Å². The van der Waals surface area contributed by atoms with E-state index in [9.17, 15) is 4.79 Å². The Morgan fingerprint density at radius 2 is 1.74 bits per heavy atom. The number of hydrazone groups is 1. The van der Waals surface area contributed by atoms with Crippen LogP contribution in [0, 0.1) is 0 Å². The van der Waals surface area contributed by atoms with E-state index in [0.29, 0.717) is 30.9 Å². The summed E-state index contributed by atoms with van der Waals surface area (Å²) in [5.41, 5.74) is 4.31. The third kappa shape index (κ3) is 6.54. The minimum absolute atomic E-state index is 0.136. The topological polar surface area (TPSA) is 81.2 Å². The van der Waals surface area contributed by atoms with Crippen molar-refractivity contribution in [3.8, 4) is 17.2 Å². The Hall–Kier alpha value is -3.22. The molecule has 0 atom stereocenters. The standard InChI is InChI=1S/C20H25N3O4/c1-25-17-9-7-16(8-10-17)21-12-4-5-20(24)23-22-14-15-6-11-18(26-2)19(13-15)27-3/h6-11,13-14,21H,4-5,12H2,1-3H3,(H,23,24)/b22-14-.